The van der Waals surface area contributed by atoms with Gasteiger partial charge in [-0.25, -0.2) is 0 Å². The van der Waals surface area contributed by atoms with Crippen LogP contribution in [-0.2, 0) is 17.8 Å². The number of aryl methyl sites for hydroxylation is 1. The third-order valence-electron chi connectivity index (χ3n) is 3.63. The first-order valence-corrected chi connectivity index (χ1v) is 9.55. The van der Waals surface area contributed by atoms with E-state index in [1.54, 1.807) is 0 Å². The Bertz CT molecular complexity index is 849. The predicted molar refractivity (Wildman–Crippen MR) is 103 cm³/mol. The summed E-state index contributed by atoms with van der Waals surface area (Å²) >= 11 is 4.76. The molecule has 25 heavy (non-hydrogen) atoms. The van der Waals surface area contributed by atoms with Crippen molar-refractivity contribution in [2.45, 2.75) is 18.1 Å². The van der Waals surface area contributed by atoms with Crippen LogP contribution in [0.1, 0.15) is 5.56 Å². The Balaban J connectivity index is 1.88. The van der Waals surface area contributed by atoms with Crippen molar-refractivity contribution in [2.75, 3.05) is 5.75 Å². The zero-order chi connectivity index (χ0) is 17.6. The first-order valence-electron chi connectivity index (χ1n) is 7.77. The molecule has 3 aromatic rings. The number of nitrogens with zero attached hydrogens (tertiary/aromatic N) is 3. The van der Waals surface area contributed by atoms with Gasteiger partial charge in [-0.15, -0.1) is 10.2 Å². The van der Waals surface area contributed by atoms with Crippen LogP contribution in [-0.4, -0.2) is 26.4 Å². The average Bonchev–Trinajstić information content (AvgIpc) is 3.02. The fourth-order valence-electron chi connectivity index (χ4n) is 2.43. The van der Waals surface area contributed by atoms with Crippen molar-refractivity contribution in [1.82, 2.24) is 14.8 Å². The topological polar surface area (TPSA) is 73.8 Å². The summed E-state index contributed by atoms with van der Waals surface area (Å²) in [5, 5.41) is 9.29. The molecule has 0 aliphatic heterocycles. The summed E-state index contributed by atoms with van der Waals surface area (Å²) < 4.78 is 3.05. The molecule has 0 spiro atoms. The lowest BCUT2D eigenvalue weighted by molar-refractivity contribution is -0.115. The number of thioether (sulfide) groups is 1. The molecule has 2 aromatic carbocycles. The highest BCUT2D eigenvalue weighted by Gasteiger charge is 2.15. The van der Waals surface area contributed by atoms with Gasteiger partial charge in [-0.3, -0.25) is 4.79 Å². The van der Waals surface area contributed by atoms with Crippen LogP contribution in [0.3, 0.4) is 0 Å². The smallest absolute Gasteiger partial charge is 0.227 e. The van der Waals surface area contributed by atoms with E-state index in [9.17, 15) is 4.79 Å². The molecule has 1 amide bonds. The number of nitrogens with two attached hydrogens (primary N) is 1. The third-order valence-corrected chi connectivity index (χ3v) is 5.15. The van der Waals surface area contributed by atoms with Gasteiger partial charge in [-0.2, -0.15) is 0 Å². The summed E-state index contributed by atoms with van der Waals surface area (Å²) in [5.41, 5.74) is 7.49. The molecule has 3 rings (SSSR count). The standard InChI is InChI=1S/C18H17BrN4OS/c19-15-8-6-14(7-9-15)17-21-22-18(25-12-16(20)24)23(17)11-10-13-4-2-1-3-5-13/h1-9H,10-12H2,(H2,20,24). The van der Waals surface area contributed by atoms with E-state index < -0.39 is 0 Å². The van der Waals surface area contributed by atoms with E-state index in [1.165, 1.54) is 17.3 Å². The minimum Gasteiger partial charge on any atom is -0.369 e. The molecule has 0 fully saturated rings. The Morgan fingerprint density at radius 1 is 1.08 bits per heavy atom. The van der Waals surface area contributed by atoms with Crippen LogP contribution >= 0.6 is 27.7 Å². The summed E-state index contributed by atoms with van der Waals surface area (Å²) in [7, 11) is 0. The number of amides is 1. The maximum Gasteiger partial charge on any atom is 0.227 e. The minimum absolute atomic E-state index is 0.184. The molecule has 1 aromatic heterocycles. The number of hydrogen-bond donors (Lipinski definition) is 1. The van der Waals surface area contributed by atoms with Crippen LogP contribution < -0.4 is 5.73 Å². The number of rotatable bonds is 7. The van der Waals surface area contributed by atoms with Crippen molar-refractivity contribution < 1.29 is 4.79 Å². The summed E-state index contributed by atoms with van der Waals surface area (Å²) in [5.74, 6) is 0.604. The fourth-order valence-corrected chi connectivity index (χ4v) is 3.40. The van der Waals surface area contributed by atoms with Crippen LogP contribution in [0.25, 0.3) is 11.4 Å². The first kappa shape index (κ1) is 17.7. The lowest BCUT2D eigenvalue weighted by atomic mass is 10.1. The molecule has 0 aliphatic carbocycles. The lowest BCUT2D eigenvalue weighted by Gasteiger charge is -2.10. The number of primary amides is 1. The largest absolute Gasteiger partial charge is 0.369 e. The van der Waals surface area contributed by atoms with Gasteiger partial charge >= 0.3 is 0 Å². The summed E-state index contributed by atoms with van der Waals surface area (Å²) in [6, 6.07) is 18.2. The molecule has 0 radical (unpaired) electrons. The van der Waals surface area contributed by atoms with Crippen LogP contribution in [0.5, 0.6) is 0 Å². The van der Waals surface area contributed by atoms with Crippen LogP contribution in [0.4, 0.5) is 0 Å². The van der Waals surface area contributed by atoms with E-state index in [-0.39, 0.29) is 11.7 Å². The van der Waals surface area contributed by atoms with E-state index in [2.05, 4.69) is 38.3 Å². The third kappa shape index (κ3) is 4.70. The number of halogens is 1. The molecular formula is C18H17BrN4OS. The van der Waals surface area contributed by atoms with Gasteiger partial charge in [0, 0.05) is 16.6 Å². The maximum atomic E-state index is 11.1. The summed E-state index contributed by atoms with van der Waals surface area (Å²) in [4.78, 5) is 11.1. The molecule has 0 aliphatic rings. The van der Waals surface area contributed by atoms with Crippen molar-refractivity contribution in [1.29, 1.82) is 0 Å². The molecule has 0 bridgehead atoms. The molecule has 7 heteroatoms. The minimum atomic E-state index is -0.368. The highest BCUT2D eigenvalue weighted by atomic mass is 79.9. The normalized spacial score (nSPS) is 10.8. The lowest BCUT2D eigenvalue weighted by Crippen LogP contribution is -2.14. The monoisotopic (exact) mass is 416 g/mol. The molecular weight excluding hydrogens is 400 g/mol. The van der Waals surface area contributed by atoms with Crippen molar-refractivity contribution in [3.63, 3.8) is 0 Å². The zero-order valence-electron chi connectivity index (χ0n) is 13.4. The van der Waals surface area contributed by atoms with Crippen molar-refractivity contribution in [2.24, 2.45) is 5.73 Å². The van der Waals surface area contributed by atoms with E-state index in [0.717, 1.165) is 28.8 Å². The number of aromatic nitrogens is 3. The Labute approximate surface area is 158 Å². The van der Waals surface area contributed by atoms with Crippen molar-refractivity contribution >= 4 is 33.6 Å². The van der Waals surface area contributed by atoms with Gasteiger partial charge in [0.05, 0.1) is 5.75 Å². The predicted octanol–water partition coefficient (Wildman–Crippen LogP) is 3.53. The second-order valence-corrected chi connectivity index (χ2v) is 7.31. The number of benzene rings is 2. The molecule has 0 saturated heterocycles. The van der Waals surface area contributed by atoms with Crippen LogP contribution in [0, 0.1) is 0 Å². The Kier molecular flexibility index (Phi) is 5.88. The second-order valence-electron chi connectivity index (χ2n) is 5.46. The molecule has 5 nitrogen and oxygen atoms in total. The van der Waals surface area contributed by atoms with Gasteiger partial charge in [0.15, 0.2) is 11.0 Å². The van der Waals surface area contributed by atoms with Gasteiger partial charge in [0.1, 0.15) is 0 Å². The van der Waals surface area contributed by atoms with Gasteiger partial charge in [0.2, 0.25) is 5.91 Å². The van der Waals surface area contributed by atoms with Gasteiger partial charge < -0.3 is 10.3 Å². The van der Waals surface area contributed by atoms with Gasteiger partial charge in [0.25, 0.3) is 0 Å². The Hall–Kier alpha value is -2.12. The average molecular weight is 417 g/mol. The highest BCUT2D eigenvalue weighted by molar-refractivity contribution is 9.10. The van der Waals surface area contributed by atoms with Crippen molar-refractivity contribution in [3.8, 4) is 11.4 Å². The fraction of sp³-hybridized carbons (Fsp3) is 0.167. The van der Waals surface area contributed by atoms with E-state index in [0.29, 0.717) is 5.16 Å². The molecule has 128 valence electrons. The first-order chi connectivity index (χ1) is 12.1. The maximum absolute atomic E-state index is 11.1. The highest BCUT2D eigenvalue weighted by Crippen LogP contribution is 2.25. The molecule has 2 N–H and O–H groups in total. The molecule has 0 saturated carbocycles. The van der Waals surface area contributed by atoms with E-state index >= 15 is 0 Å². The molecule has 0 atom stereocenters. The zero-order valence-corrected chi connectivity index (χ0v) is 15.8. The number of carbonyl (C=O) groups excluding carboxylic acids is 1. The summed E-state index contributed by atoms with van der Waals surface area (Å²) in [6.45, 7) is 0.726. The van der Waals surface area contributed by atoms with Gasteiger partial charge in [-0.05, 0) is 24.1 Å². The second kappa shape index (κ2) is 8.31. The molecule has 1 heterocycles. The van der Waals surface area contributed by atoms with E-state index in [1.807, 2.05) is 47.0 Å². The number of carbonyl (C=O) groups is 1. The quantitative estimate of drug-likeness (QED) is 0.597. The Morgan fingerprint density at radius 3 is 2.48 bits per heavy atom. The van der Waals surface area contributed by atoms with Gasteiger partial charge in [-0.1, -0.05) is 70.2 Å². The van der Waals surface area contributed by atoms with E-state index in [4.69, 9.17) is 5.73 Å². The Morgan fingerprint density at radius 2 is 1.80 bits per heavy atom. The van der Waals surface area contributed by atoms with Crippen LogP contribution in [0.2, 0.25) is 0 Å². The number of hydrogen-bond acceptors (Lipinski definition) is 4. The SMILES string of the molecule is NC(=O)CSc1nnc(-c2ccc(Br)cc2)n1CCc1ccccc1. The van der Waals surface area contributed by atoms with Crippen molar-refractivity contribution in [3.05, 3.63) is 64.6 Å². The molecule has 0 unspecified atom stereocenters. The van der Waals surface area contributed by atoms with Crippen LogP contribution in [0.15, 0.2) is 64.2 Å². The summed E-state index contributed by atoms with van der Waals surface area (Å²) in [6.07, 6.45) is 0.854.